The van der Waals surface area contributed by atoms with Gasteiger partial charge in [-0.15, -0.1) is 0 Å². The quantitative estimate of drug-likeness (QED) is 0.334. The van der Waals surface area contributed by atoms with E-state index in [1.807, 2.05) is 24.3 Å². The van der Waals surface area contributed by atoms with E-state index < -0.39 is 9.85 Å². The number of hydrogen-bond acceptors (Lipinski definition) is 5. The maximum atomic E-state index is 10.8. The minimum atomic E-state index is -0.470. The van der Waals surface area contributed by atoms with Gasteiger partial charge >= 0.3 is 0 Å². The van der Waals surface area contributed by atoms with E-state index in [0.717, 1.165) is 11.3 Å². The van der Waals surface area contributed by atoms with Gasteiger partial charge in [-0.2, -0.15) is 0 Å². The van der Waals surface area contributed by atoms with Crippen LogP contribution in [0.4, 0.5) is 11.4 Å². The van der Waals surface area contributed by atoms with Gasteiger partial charge in [-0.1, -0.05) is 35.8 Å². The van der Waals surface area contributed by atoms with Gasteiger partial charge in [0.1, 0.15) is 5.75 Å². The van der Waals surface area contributed by atoms with Crippen molar-refractivity contribution in [3.8, 4) is 29.4 Å². The zero-order valence-electron chi connectivity index (χ0n) is 16.9. The molecular formula is C25H16N2O5. The SMILES string of the molecule is COc1ccc(C=C(C#Cc2ccc([N+](=O)[O-])cc2)C#Cc2ccc([N+](=O)[O-])cc2)cc1. The van der Waals surface area contributed by atoms with Crippen LogP contribution in [0.5, 0.6) is 5.75 Å². The molecule has 0 bridgehead atoms. The van der Waals surface area contributed by atoms with Crippen molar-refractivity contribution in [2.75, 3.05) is 7.11 Å². The number of hydrogen-bond donors (Lipinski definition) is 0. The van der Waals surface area contributed by atoms with E-state index in [-0.39, 0.29) is 11.4 Å². The number of nitro benzene ring substituents is 2. The van der Waals surface area contributed by atoms with Crippen molar-refractivity contribution >= 4 is 17.5 Å². The van der Waals surface area contributed by atoms with E-state index in [1.54, 1.807) is 37.5 Å². The molecule has 3 rings (SSSR count). The second kappa shape index (κ2) is 10.2. The first-order valence-corrected chi connectivity index (χ1v) is 9.33. The molecule has 0 spiro atoms. The number of rotatable bonds is 4. The normalized spacial score (nSPS) is 9.41. The first kappa shape index (κ1) is 21.8. The van der Waals surface area contributed by atoms with Crippen molar-refractivity contribution in [2.24, 2.45) is 0 Å². The highest BCUT2D eigenvalue weighted by Gasteiger charge is 2.03. The fraction of sp³-hybridized carbons (Fsp3) is 0.0400. The van der Waals surface area contributed by atoms with Gasteiger partial charge < -0.3 is 4.74 Å². The van der Waals surface area contributed by atoms with Gasteiger partial charge in [-0.05, 0) is 48.0 Å². The van der Waals surface area contributed by atoms with Gasteiger partial charge in [0.25, 0.3) is 11.4 Å². The van der Waals surface area contributed by atoms with Gasteiger partial charge in [-0.25, -0.2) is 0 Å². The number of allylic oxidation sites excluding steroid dienone is 1. The summed E-state index contributed by atoms with van der Waals surface area (Å²) in [5, 5.41) is 21.6. The van der Waals surface area contributed by atoms with Crippen LogP contribution in [-0.4, -0.2) is 17.0 Å². The van der Waals surface area contributed by atoms with Crippen LogP contribution in [0.2, 0.25) is 0 Å². The summed E-state index contributed by atoms with van der Waals surface area (Å²) >= 11 is 0. The van der Waals surface area contributed by atoms with Crippen LogP contribution in [0.1, 0.15) is 16.7 Å². The minimum Gasteiger partial charge on any atom is -0.497 e. The van der Waals surface area contributed by atoms with Crippen LogP contribution < -0.4 is 4.74 Å². The van der Waals surface area contributed by atoms with Crippen molar-refractivity contribution in [1.29, 1.82) is 0 Å². The second-order valence-corrected chi connectivity index (χ2v) is 6.44. The van der Waals surface area contributed by atoms with Gasteiger partial charge in [0.15, 0.2) is 0 Å². The van der Waals surface area contributed by atoms with E-state index in [1.165, 1.54) is 24.3 Å². The Kier molecular flexibility index (Phi) is 6.98. The molecule has 0 fully saturated rings. The maximum absolute atomic E-state index is 10.8. The second-order valence-electron chi connectivity index (χ2n) is 6.44. The first-order chi connectivity index (χ1) is 15.4. The lowest BCUT2D eigenvalue weighted by atomic mass is 10.1. The number of ether oxygens (including phenoxy) is 1. The molecule has 0 saturated heterocycles. The number of methoxy groups -OCH3 is 1. The molecule has 0 N–H and O–H groups in total. The predicted molar refractivity (Wildman–Crippen MR) is 121 cm³/mol. The van der Waals surface area contributed by atoms with Crippen LogP contribution in [0.25, 0.3) is 6.08 Å². The summed E-state index contributed by atoms with van der Waals surface area (Å²) in [6.07, 6.45) is 1.80. The highest BCUT2D eigenvalue weighted by molar-refractivity contribution is 5.67. The molecule has 0 amide bonds. The average Bonchev–Trinajstić information content (AvgIpc) is 2.81. The van der Waals surface area contributed by atoms with Crippen molar-refractivity contribution < 1.29 is 14.6 Å². The third kappa shape index (κ3) is 6.06. The molecule has 156 valence electrons. The predicted octanol–water partition coefficient (Wildman–Crippen LogP) is 5.00. The zero-order chi connectivity index (χ0) is 22.9. The van der Waals surface area contributed by atoms with Gasteiger partial charge in [-0.3, -0.25) is 20.2 Å². The van der Waals surface area contributed by atoms with Gasteiger partial charge in [0, 0.05) is 35.4 Å². The van der Waals surface area contributed by atoms with Crippen molar-refractivity contribution in [3.63, 3.8) is 0 Å². The topological polar surface area (TPSA) is 95.5 Å². The summed E-state index contributed by atoms with van der Waals surface area (Å²) in [6.45, 7) is 0. The molecule has 0 heterocycles. The van der Waals surface area contributed by atoms with Crippen LogP contribution in [0.15, 0.2) is 78.4 Å². The lowest BCUT2D eigenvalue weighted by molar-refractivity contribution is -0.385. The molecule has 0 aliphatic rings. The molecule has 0 aliphatic heterocycles. The number of nitro groups is 2. The van der Waals surface area contributed by atoms with Crippen molar-refractivity contribution in [2.45, 2.75) is 0 Å². The molecule has 0 aliphatic carbocycles. The van der Waals surface area contributed by atoms with Gasteiger partial charge in [0.2, 0.25) is 0 Å². The van der Waals surface area contributed by atoms with Crippen molar-refractivity contribution in [3.05, 3.63) is 115 Å². The molecule has 7 nitrogen and oxygen atoms in total. The van der Waals surface area contributed by atoms with Crippen molar-refractivity contribution in [1.82, 2.24) is 0 Å². The average molecular weight is 424 g/mol. The monoisotopic (exact) mass is 424 g/mol. The molecule has 3 aromatic carbocycles. The summed E-state index contributed by atoms with van der Waals surface area (Å²) < 4.78 is 5.17. The molecule has 3 aromatic rings. The lowest BCUT2D eigenvalue weighted by Crippen LogP contribution is -1.87. The highest BCUT2D eigenvalue weighted by Crippen LogP contribution is 2.15. The number of benzene rings is 3. The smallest absolute Gasteiger partial charge is 0.269 e. The third-order valence-electron chi connectivity index (χ3n) is 4.27. The van der Waals surface area contributed by atoms with Crippen LogP contribution in [0, 0.1) is 43.9 Å². The largest absolute Gasteiger partial charge is 0.497 e. The minimum absolute atomic E-state index is 0.0116. The van der Waals surface area contributed by atoms with E-state index in [2.05, 4.69) is 23.7 Å². The Morgan fingerprint density at radius 2 is 1.19 bits per heavy atom. The summed E-state index contributed by atoms with van der Waals surface area (Å²) in [6, 6.07) is 19.2. The molecule has 32 heavy (non-hydrogen) atoms. The summed E-state index contributed by atoms with van der Waals surface area (Å²) in [7, 11) is 1.58. The van der Waals surface area contributed by atoms with E-state index >= 15 is 0 Å². The molecule has 7 heteroatoms. The van der Waals surface area contributed by atoms with Gasteiger partial charge in [0.05, 0.1) is 22.5 Å². The molecule has 0 aromatic heterocycles. The van der Waals surface area contributed by atoms with Crippen LogP contribution >= 0.6 is 0 Å². The summed E-state index contributed by atoms with van der Waals surface area (Å²) in [5.74, 6) is 12.6. The van der Waals surface area contributed by atoms with E-state index in [4.69, 9.17) is 4.74 Å². The molecule has 0 saturated carbocycles. The van der Waals surface area contributed by atoms with Crippen LogP contribution in [-0.2, 0) is 0 Å². The summed E-state index contributed by atoms with van der Waals surface area (Å²) in [4.78, 5) is 20.7. The fourth-order valence-corrected chi connectivity index (χ4v) is 2.58. The molecular weight excluding hydrogens is 408 g/mol. The molecule has 0 unspecified atom stereocenters. The Morgan fingerprint density at radius 3 is 1.56 bits per heavy atom. The highest BCUT2D eigenvalue weighted by atomic mass is 16.6. The maximum Gasteiger partial charge on any atom is 0.269 e. The Balaban J connectivity index is 1.93. The standard InChI is InChI=1S/C25H16N2O5/c1-32-25-16-10-22(11-17-25)18-21(4-2-19-6-12-23(13-7-19)26(28)29)5-3-20-8-14-24(15-9-20)27(30)31/h6-18H,1H3. The first-order valence-electron chi connectivity index (χ1n) is 9.33. The Hall–Kier alpha value is -4.88. The molecule has 0 radical (unpaired) electrons. The Morgan fingerprint density at radius 1 is 0.750 bits per heavy atom. The number of nitrogens with zero attached hydrogens (tertiary/aromatic N) is 2. The lowest BCUT2D eigenvalue weighted by Gasteiger charge is -1.99. The molecule has 0 atom stereocenters. The Bertz CT molecular complexity index is 1210. The Labute approximate surface area is 184 Å². The van der Waals surface area contributed by atoms with E-state index in [0.29, 0.717) is 16.7 Å². The zero-order valence-corrected chi connectivity index (χ0v) is 16.9. The summed E-state index contributed by atoms with van der Waals surface area (Å²) in [5.41, 5.74) is 2.55. The van der Waals surface area contributed by atoms with Crippen LogP contribution in [0.3, 0.4) is 0 Å². The number of non-ortho nitro benzene ring substituents is 2. The van der Waals surface area contributed by atoms with E-state index in [9.17, 15) is 20.2 Å². The third-order valence-corrected chi connectivity index (χ3v) is 4.27. The fourth-order valence-electron chi connectivity index (χ4n) is 2.58.